The van der Waals surface area contributed by atoms with Gasteiger partial charge < -0.3 is 10.2 Å². The summed E-state index contributed by atoms with van der Waals surface area (Å²) in [4.78, 5) is 18.6. The Morgan fingerprint density at radius 3 is 2.73 bits per heavy atom. The van der Waals surface area contributed by atoms with E-state index in [1.54, 1.807) is 0 Å². The number of thioether (sulfide) groups is 1. The number of fused-ring (bicyclic) bond motifs is 1. The van der Waals surface area contributed by atoms with E-state index in [4.69, 9.17) is 0 Å². The highest BCUT2D eigenvalue weighted by Crippen LogP contribution is 2.34. The summed E-state index contributed by atoms with van der Waals surface area (Å²) in [5.41, 5.74) is 2.85. The summed E-state index contributed by atoms with van der Waals surface area (Å²) in [7, 11) is 1.93. The van der Waals surface area contributed by atoms with Gasteiger partial charge in [0.1, 0.15) is 0 Å². The molecule has 0 aliphatic carbocycles. The number of amidine groups is 1. The first-order chi connectivity index (χ1) is 10.4. The summed E-state index contributed by atoms with van der Waals surface area (Å²) in [6, 6.07) is 8.09. The molecule has 1 unspecified atom stereocenters. The first kappa shape index (κ1) is 16.6. The van der Waals surface area contributed by atoms with Crippen LogP contribution in [0.5, 0.6) is 0 Å². The fraction of sp³-hybridized carbons (Fsp3) is 0.412. The minimum Gasteiger partial charge on any atom is -0.353 e. The molecule has 0 aromatic heterocycles. The van der Waals surface area contributed by atoms with E-state index in [0.717, 1.165) is 22.1 Å². The highest BCUT2D eigenvalue weighted by Gasteiger charge is 2.21. The molecule has 0 bridgehead atoms. The average Bonchev–Trinajstić information content (AvgIpc) is 2.49. The van der Waals surface area contributed by atoms with Crippen molar-refractivity contribution in [2.24, 2.45) is 10.9 Å². The van der Waals surface area contributed by atoms with Gasteiger partial charge in [-0.3, -0.25) is 4.79 Å². The van der Waals surface area contributed by atoms with Crippen LogP contribution in [0, 0.1) is 5.92 Å². The molecule has 0 saturated heterocycles. The molecule has 4 nitrogen and oxygen atoms in total. The number of rotatable bonds is 4. The molecular weight excluding hydrogens is 294 g/mol. The molecule has 0 saturated carbocycles. The lowest BCUT2D eigenvalue weighted by Gasteiger charge is -2.28. The summed E-state index contributed by atoms with van der Waals surface area (Å²) in [5, 5.41) is 3.81. The Morgan fingerprint density at radius 1 is 1.36 bits per heavy atom. The molecule has 0 fully saturated rings. The van der Waals surface area contributed by atoms with Gasteiger partial charge in [-0.1, -0.05) is 50.4 Å². The lowest BCUT2D eigenvalue weighted by molar-refractivity contribution is -0.119. The lowest BCUT2D eigenvalue weighted by Crippen LogP contribution is -2.38. The number of para-hydroxylation sites is 1. The molecular formula is C17H23N3OS. The number of nitrogens with one attached hydrogen (secondary N) is 1. The molecule has 1 aromatic rings. The monoisotopic (exact) mass is 317 g/mol. The normalized spacial score (nSPS) is 15.4. The van der Waals surface area contributed by atoms with E-state index in [1.165, 1.54) is 11.8 Å². The highest BCUT2D eigenvalue weighted by molar-refractivity contribution is 8.14. The Kier molecular flexibility index (Phi) is 5.29. The maximum atomic E-state index is 12.0. The number of hydrogen-bond donors (Lipinski definition) is 1. The van der Waals surface area contributed by atoms with Crippen LogP contribution in [0.4, 0.5) is 5.69 Å². The van der Waals surface area contributed by atoms with Gasteiger partial charge in [0.15, 0.2) is 5.17 Å². The van der Waals surface area contributed by atoms with Gasteiger partial charge in [-0.25, -0.2) is 4.99 Å². The minimum atomic E-state index is 0.0340. The largest absolute Gasteiger partial charge is 0.353 e. The molecule has 22 heavy (non-hydrogen) atoms. The molecule has 1 N–H and O–H groups in total. The highest BCUT2D eigenvalue weighted by atomic mass is 32.2. The van der Waals surface area contributed by atoms with Crippen molar-refractivity contribution in [3.63, 3.8) is 0 Å². The van der Waals surface area contributed by atoms with Crippen LogP contribution in [-0.4, -0.2) is 34.8 Å². The summed E-state index contributed by atoms with van der Waals surface area (Å²) in [5.74, 6) is 0.817. The number of carbonyl (C=O) groups excluding carboxylic acids is 1. The van der Waals surface area contributed by atoms with Crippen molar-refractivity contribution < 1.29 is 4.79 Å². The fourth-order valence-corrected chi connectivity index (χ4v) is 2.82. The van der Waals surface area contributed by atoms with Crippen molar-refractivity contribution in [1.82, 2.24) is 10.2 Å². The van der Waals surface area contributed by atoms with Crippen LogP contribution in [-0.2, 0) is 4.79 Å². The fourth-order valence-electron chi connectivity index (χ4n) is 2.01. The Labute approximate surface area is 136 Å². The summed E-state index contributed by atoms with van der Waals surface area (Å²) < 4.78 is 0. The maximum Gasteiger partial charge on any atom is 0.230 e. The molecule has 1 heterocycles. The zero-order valence-electron chi connectivity index (χ0n) is 13.6. The molecule has 1 aliphatic heterocycles. The second-order valence-electron chi connectivity index (χ2n) is 5.81. The van der Waals surface area contributed by atoms with Gasteiger partial charge in [0.05, 0.1) is 11.4 Å². The van der Waals surface area contributed by atoms with Crippen LogP contribution in [0.2, 0.25) is 0 Å². The van der Waals surface area contributed by atoms with Crippen LogP contribution < -0.4 is 5.32 Å². The van der Waals surface area contributed by atoms with Crippen molar-refractivity contribution in [3.8, 4) is 0 Å². The van der Waals surface area contributed by atoms with Gasteiger partial charge in [-0.2, -0.15) is 0 Å². The van der Waals surface area contributed by atoms with Crippen LogP contribution in [0.3, 0.4) is 0 Å². The molecule has 0 radical (unpaired) electrons. The van der Waals surface area contributed by atoms with Crippen LogP contribution >= 0.6 is 11.8 Å². The molecule has 1 atom stereocenters. The van der Waals surface area contributed by atoms with Gasteiger partial charge >= 0.3 is 0 Å². The van der Waals surface area contributed by atoms with E-state index in [2.05, 4.69) is 30.7 Å². The second-order valence-corrected chi connectivity index (χ2v) is 6.75. The molecule has 0 spiro atoms. The number of benzene rings is 1. The van der Waals surface area contributed by atoms with Crippen LogP contribution in [0.1, 0.15) is 26.3 Å². The SMILES string of the molecule is C=C1c2ccccc2N=C(SCC(=O)NC(C)C(C)C)N1C. The number of hydrogen-bond acceptors (Lipinski definition) is 4. The van der Waals surface area contributed by atoms with Crippen molar-refractivity contribution in [2.45, 2.75) is 26.8 Å². The third kappa shape index (κ3) is 3.71. The molecule has 1 aromatic carbocycles. The molecule has 118 valence electrons. The van der Waals surface area contributed by atoms with Gasteiger partial charge in [-0.15, -0.1) is 0 Å². The van der Waals surface area contributed by atoms with Crippen molar-refractivity contribution >= 4 is 34.2 Å². The van der Waals surface area contributed by atoms with E-state index < -0.39 is 0 Å². The summed E-state index contributed by atoms with van der Waals surface area (Å²) >= 11 is 1.44. The van der Waals surface area contributed by atoms with Crippen molar-refractivity contribution in [1.29, 1.82) is 0 Å². The summed E-state index contributed by atoms with van der Waals surface area (Å²) in [6.45, 7) is 10.3. The van der Waals surface area contributed by atoms with E-state index >= 15 is 0 Å². The smallest absolute Gasteiger partial charge is 0.230 e. The van der Waals surface area contributed by atoms with Gasteiger partial charge in [0.2, 0.25) is 5.91 Å². The number of amides is 1. The van der Waals surface area contributed by atoms with Crippen molar-refractivity contribution in [2.75, 3.05) is 12.8 Å². The summed E-state index contributed by atoms with van der Waals surface area (Å²) in [6.07, 6.45) is 0. The Hall–Kier alpha value is -1.75. The average molecular weight is 317 g/mol. The second kappa shape index (κ2) is 7.01. The number of carbonyl (C=O) groups is 1. The van der Waals surface area contributed by atoms with E-state index in [-0.39, 0.29) is 11.9 Å². The quantitative estimate of drug-likeness (QED) is 0.924. The molecule has 1 aliphatic rings. The first-order valence-corrected chi connectivity index (χ1v) is 8.41. The first-order valence-electron chi connectivity index (χ1n) is 7.43. The number of aliphatic imine (C=N–C) groups is 1. The predicted molar refractivity (Wildman–Crippen MR) is 95.2 cm³/mol. The topological polar surface area (TPSA) is 44.7 Å². The van der Waals surface area contributed by atoms with E-state index in [1.807, 2.05) is 43.1 Å². The lowest BCUT2D eigenvalue weighted by atomic mass is 10.1. The van der Waals surface area contributed by atoms with Gasteiger partial charge in [0.25, 0.3) is 0 Å². The van der Waals surface area contributed by atoms with E-state index in [0.29, 0.717) is 11.7 Å². The molecule has 5 heteroatoms. The zero-order chi connectivity index (χ0) is 16.3. The zero-order valence-corrected chi connectivity index (χ0v) is 14.4. The third-order valence-electron chi connectivity index (χ3n) is 3.84. The molecule has 2 rings (SSSR count). The van der Waals surface area contributed by atoms with Crippen LogP contribution in [0.15, 0.2) is 35.8 Å². The van der Waals surface area contributed by atoms with E-state index in [9.17, 15) is 4.79 Å². The minimum absolute atomic E-state index is 0.0340. The van der Waals surface area contributed by atoms with Gasteiger partial charge in [-0.05, 0) is 18.9 Å². The standard InChI is InChI=1S/C17H23N3OS/c1-11(2)12(3)18-16(21)10-22-17-19-15-9-7-6-8-14(15)13(4)20(17)5/h6-9,11-12H,4,10H2,1-3,5H3,(H,18,21). The Balaban J connectivity index is 2.03. The maximum absolute atomic E-state index is 12.0. The Morgan fingerprint density at radius 2 is 2.05 bits per heavy atom. The third-order valence-corrected chi connectivity index (χ3v) is 4.87. The van der Waals surface area contributed by atoms with Crippen molar-refractivity contribution in [3.05, 3.63) is 36.4 Å². The van der Waals surface area contributed by atoms with Gasteiger partial charge in [0, 0.05) is 24.4 Å². The predicted octanol–water partition coefficient (Wildman–Crippen LogP) is 3.48. The van der Waals surface area contributed by atoms with Crippen LogP contribution in [0.25, 0.3) is 5.70 Å². The Bertz CT molecular complexity index is 610. The number of nitrogens with zero attached hydrogens (tertiary/aromatic N) is 2. The molecule has 1 amide bonds.